The second-order valence-corrected chi connectivity index (χ2v) is 7.77. The van der Waals surface area contributed by atoms with E-state index in [0.29, 0.717) is 27.2 Å². The summed E-state index contributed by atoms with van der Waals surface area (Å²) in [6, 6.07) is 8.83. The van der Waals surface area contributed by atoms with Gasteiger partial charge in [-0.15, -0.1) is 23.1 Å². The van der Waals surface area contributed by atoms with E-state index in [0.717, 1.165) is 5.56 Å². The summed E-state index contributed by atoms with van der Waals surface area (Å²) in [5.41, 5.74) is 1.55. The normalized spacial score (nSPS) is 12.2. The highest BCUT2D eigenvalue weighted by Crippen LogP contribution is 2.18. The first-order chi connectivity index (χ1) is 12.0. The molecule has 0 spiro atoms. The van der Waals surface area contributed by atoms with Gasteiger partial charge in [-0.05, 0) is 24.6 Å². The van der Waals surface area contributed by atoms with E-state index in [4.69, 9.17) is 11.6 Å². The number of nitrogens with one attached hydrogen (secondary N) is 1. The topological polar surface area (TPSA) is 63.5 Å². The van der Waals surface area contributed by atoms with Crippen LogP contribution in [0.25, 0.3) is 4.96 Å². The fraction of sp³-hybridized carbons (Fsp3) is 0.235. The Balaban J connectivity index is 1.52. The number of hydrogen-bond donors (Lipinski definition) is 1. The number of rotatable bonds is 6. The number of nitrogens with zero attached hydrogens (tertiary/aromatic N) is 2. The van der Waals surface area contributed by atoms with Gasteiger partial charge in [0, 0.05) is 28.4 Å². The number of fused-ring (bicyclic) bond motifs is 1. The van der Waals surface area contributed by atoms with Crippen LogP contribution in [0.5, 0.6) is 0 Å². The van der Waals surface area contributed by atoms with Crippen molar-refractivity contribution in [3.8, 4) is 0 Å². The molecule has 1 unspecified atom stereocenters. The highest BCUT2D eigenvalue weighted by Gasteiger charge is 2.11. The number of carbonyl (C=O) groups excluding carboxylic acids is 1. The van der Waals surface area contributed by atoms with Crippen molar-refractivity contribution in [2.45, 2.75) is 18.7 Å². The molecule has 1 atom stereocenters. The molecule has 0 aliphatic carbocycles. The summed E-state index contributed by atoms with van der Waals surface area (Å²) in [6.45, 7) is 1.92. The van der Waals surface area contributed by atoms with Crippen LogP contribution in [0, 0.1) is 0 Å². The summed E-state index contributed by atoms with van der Waals surface area (Å²) in [5, 5.41) is 5.42. The van der Waals surface area contributed by atoms with Gasteiger partial charge in [-0.3, -0.25) is 14.0 Å². The van der Waals surface area contributed by atoms with Crippen molar-refractivity contribution in [1.82, 2.24) is 14.7 Å². The van der Waals surface area contributed by atoms with E-state index < -0.39 is 0 Å². The Kier molecular flexibility index (Phi) is 5.78. The van der Waals surface area contributed by atoms with Gasteiger partial charge in [-0.25, -0.2) is 4.98 Å². The van der Waals surface area contributed by atoms with E-state index in [2.05, 4.69) is 10.3 Å². The number of halogens is 1. The Hall–Kier alpha value is -1.83. The third kappa shape index (κ3) is 4.62. The van der Waals surface area contributed by atoms with Crippen LogP contribution < -0.4 is 10.9 Å². The molecule has 25 heavy (non-hydrogen) atoms. The molecule has 0 radical (unpaired) electrons. The summed E-state index contributed by atoms with van der Waals surface area (Å²) in [7, 11) is 0. The predicted molar refractivity (Wildman–Crippen MR) is 104 cm³/mol. The Labute approximate surface area is 158 Å². The zero-order valence-electron chi connectivity index (χ0n) is 13.4. The van der Waals surface area contributed by atoms with E-state index in [1.54, 1.807) is 12.3 Å². The number of thiazole rings is 1. The summed E-state index contributed by atoms with van der Waals surface area (Å²) < 4.78 is 1.51. The molecular formula is C17H16ClN3O2S2. The summed E-state index contributed by atoms with van der Waals surface area (Å²) in [6.07, 6.45) is 1.71. The van der Waals surface area contributed by atoms with E-state index in [1.807, 2.05) is 30.5 Å². The molecule has 3 aromatic rings. The van der Waals surface area contributed by atoms with Gasteiger partial charge in [0.25, 0.3) is 5.56 Å². The van der Waals surface area contributed by atoms with Gasteiger partial charge in [-0.1, -0.05) is 23.7 Å². The highest BCUT2D eigenvalue weighted by atomic mass is 35.5. The van der Waals surface area contributed by atoms with Crippen molar-refractivity contribution in [2.24, 2.45) is 0 Å². The van der Waals surface area contributed by atoms with Crippen molar-refractivity contribution in [1.29, 1.82) is 0 Å². The Morgan fingerprint density at radius 2 is 2.28 bits per heavy atom. The standard InChI is InChI=1S/C17H16ClN3O2S2/c1-11(12-3-2-4-13(18)7-12)19-15(22)10-24-9-14-8-16(23)21-5-6-25-17(21)20-14/h2-8,11H,9-10H2,1H3,(H,19,22). The molecule has 0 aliphatic rings. The summed E-state index contributed by atoms with van der Waals surface area (Å²) in [4.78, 5) is 29.1. The largest absolute Gasteiger partial charge is 0.349 e. The maximum Gasteiger partial charge on any atom is 0.258 e. The van der Waals surface area contributed by atoms with Crippen LogP contribution in [0.2, 0.25) is 5.02 Å². The molecule has 5 nitrogen and oxygen atoms in total. The van der Waals surface area contributed by atoms with Gasteiger partial charge >= 0.3 is 0 Å². The maximum atomic E-state index is 12.1. The molecule has 1 N–H and O–H groups in total. The zero-order valence-corrected chi connectivity index (χ0v) is 15.8. The van der Waals surface area contributed by atoms with Crippen molar-refractivity contribution in [3.05, 3.63) is 68.5 Å². The first-order valence-corrected chi connectivity index (χ1v) is 10.0. The monoisotopic (exact) mass is 393 g/mol. The third-order valence-electron chi connectivity index (χ3n) is 3.57. The van der Waals surface area contributed by atoms with Crippen LogP contribution in [0.4, 0.5) is 0 Å². The Morgan fingerprint density at radius 1 is 1.44 bits per heavy atom. The lowest BCUT2D eigenvalue weighted by Crippen LogP contribution is -2.28. The minimum absolute atomic E-state index is 0.0635. The van der Waals surface area contributed by atoms with Gasteiger partial charge in [0.15, 0.2) is 4.96 Å². The molecule has 1 amide bonds. The molecule has 0 saturated carbocycles. The smallest absolute Gasteiger partial charge is 0.258 e. The first kappa shape index (κ1) is 18.0. The minimum atomic E-state index is -0.114. The second kappa shape index (κ2) is 8.03. The maximum absolute atomic E-state index is 12.1. The SMILES string of the molecule is CC(NC(=O)CSCc1cc(=O)n2ccsc2n1)c1cccc(Cl)c1. The van der Waals surface area contributed by atoms with E-state index in [-0.39, 0.29) is 17.5 Å². The second-order valence-electron chi connectivity index (χ2n) is 5.48. The summed E-state index contributed by atoms with van der Waals surface area (Å²) in [5.74, 6) is 0.755. The third-order valence-corrected chi connectivity index (χ3v) is 5.52. The van der Waals surface area contributed by atoms with Crippen LogP contribution in [0.15, 0.2) is 46.7 Å². The number of amides is 1. The van der Waals surface area contributed by atoms with Gasteiger partial charge < -0.3 is 5.32 Å². The molecule has 0 fully saturated rings. The average Bonchev–Trinajstić information content (AvgIpc) is 3.04. The Morgan fingerprint density at radius 3 is 3.08 bits per heavy atom. The fourth-order valence-electron chi connectivity index (χ4n) is 2.35. The lowest BCUT2D eigenvalue weighted by molar-refractivity contribution is -0.119. The minimum Gasteiger partial charge on any atom is -0.349 e. The van der Waals surface area contributed by atoms with Gasteiger partial charge in [0.05, 0.1) is 17.5 Å². The summed E-state index contributed by atoms with van der Waals surface area (Å²) >= 11 is 8.82. The van der Waals surface area contributed by atoms with Crippen LogP contribution in [0.1, 0.15) is 24.2 Å². The fourth-order valence-corrected chi connectivity index (χ4v) is 4.02. The molecule has 0 bridgehead atoms. The predicted octanol–water partition coefficient (Wildman–Crippen LogP) is 3.52. The molecule has 0 aliphatic heterocycles. The molecular weight excluding hydrogens is 378 g/mol. The van der Waals surface area contributed by atoms with Gasteiger partial charge in [0.1, 0.15) is 0 Å². The number of thioether (sulfide) groups is 1. The van der Waals surface area contributed by atoms with Gasteiger partial charge in [0.2, 0.25) is 5.91 Å². The van der Waals surface area contributed by atoms with Crippen LogP contribution >= 0.6 is 34.7 Å². The quantitative estimate of drug-likeness (QED) is 0.696. The lowest BCUT2D eigenvalue weighted by atomic mass is 10.1. The van der Waals surface area contributed by atoms with Crippen molar-refractivity contribution < 1.29 is 4.79 Å². The molecule has 2 heterocycles. The van der Waals surface area contributed by atoms with Crippen LogP contribution in [-0.2, 0) is 10.5 Å². The number of hydrogen-bond acceptors (Lipinski definition) is 5. The molecule has 2 aromatic heterocycles. The molecule has 8 heteroatoms. The number of aromatic nitrogens is 2. The van der Waals surface area contributed by atoms with Crippen molar-refractivity contribution in [3.63, 3.8) is 0 Å². The number of benzene rings is 1. The first-order valence-electron chi connectivity index (χ1n) is 7.61. The van der Waals surface area contributed by atoms with Gasteiger partial charge in [-0.2, -0.15) is 0 Å². The number of carbonyl (C=O) groups is 1. The zero-order chi connectivity index (χ0) is 17.8. The van der Waals surface area contributed by atoms with Crippen molar-refractivity contribution in [2.75, 3.05) is 5.75 Å². The van der Waals surface area contributed by atoms with E-state index in [1.165, 1.54) is 33.6 Å². The van der Waals surface area contributed by atoms with Crippen LogP contribution in [0.3, 0.4) is 0 Å². The van der Waals surface area contributed by atoms with E-state index in [9.17, 15) is 9.59 Å². The molecule has 0 saturated heterocycles. The van der Waals surface area contributed by atoms with Crippen LogP contribution in [-0.4, -0.2) is 21.0 Å². The van der Waals surface area contributed by atoms with Crippen molar-refractivity contribution >= 4 is 45.6 Å². The highest BCUT2D eigenvalue weighted by molar-refractivity contribution is 7.99. The molecule has 3 rings (SSSR count). The molecule has 130 valence electrons. The van der Waals surface area contributed by atoms with E-state index >= 15 is 0 Å². The average molecular weight is 394 g/mol. The molecule has 1 aromatic carbocycles. The Bertz CT molecular complexity index is 954. The lowest BCUT2D eigenvalue weighted by Gasteiger charge is -2.14.